The van der Waals surface area contributed by atoms with E-state index < -0.39 is 0 Å². The molecule has 0 aliphatic carbocycles. The molecule has 0 amide bonds. The van der Waals surface area contributed by atoms with Gasteiger partial charge in [0.25, 0.3) is 0 Å². The molecular weight excluding hydrogens is 281 g/mol. The summed E-state index contributed by atoms with van der Waals surface area (Å²) in [5, 5.41) is 1.13. The lowest BCUT2D eigenvalue weighted by Gasteiger charge is -2.08. The minimum absolute atomic E-state index is 0.289. The van der Waals surface area contributed by atoms with Crippen LogP contribution in [-0.4, -0.2) is 9.55 Å². The average Bonchev–Trinajstić information content (AvgIpc) is 2.67. The molecule has 1 aromatic carbocycles. The van der Waals surface area contributed by atoms with E-state index >= 15 is 0 Å². The van der Waals surface area contributed by atoms with Gasteiger partial charge >= 0.3 is 0 Å². The number of hydrogen-bond donors (Lipinski definition) is 1. The first-order valence-electron chi connectivity index (χ1n) is 6.27. The zero-order chi connectivity index (χ0) is 14.2. The van der Waals surface area contributed by atoms with E-state index in [2.05, 4.69) is 18.8 Å². The zero-order valence-corrected chi connectivity index (χ0v) is 12.8. The minimum atomic E-state index is 0.289. The molecule has 0 atom stereocenters. The summed E-state index contributed by atoms with van der Waals surface area (Å²) < 4.78 is 2.00. The molecule has 1 heterocycles. The summed E-state index contributed by atoms with van der Waals surface area (Å²) in [4.78, 5) is 4.64. The Morgan fingerprint density at radius 3 is 2.26 bits per heavy atom. The Balaban J connectivity index is 2.70. The monoisotopic (exact) mass is 297 g/mol. The number of rotatable bonds is 3. The van der Waals surface area contributed by atoms with Crippen LogP contribution in [-0.2, 0) is 6.54 Å². The lowest BCUT2D eigenvalue weighted by molar-refractivity contribution is 0.658. The molecule has 0 spiro atoms. The lowest BCUT2D eigenvalue weighted by atomic mass is 10.1. The molecule has 2 rings (SSSR count). The van der Waals surface area contributed by atoms with E-state index in [1.54, 1.807) is 12.1 Å². The van der Waals surface area contributed by atoms with Crippen molar-refractivity contribution in [2.45, 2.75) is 33.2 Å². The van der Waals surface area contributed by atoms with Crippen molar-refractivity contribution in [3.8, 4) is 11.3 Å². The van der Waals surface area contributed by atoms with Crippen molar-refractivity contribution in [2.75, 3.05) is 5.73 Å². The smallest absolute Gasteiger partial charge is 0.131 e. The van der Waals surface area contributed by atoms with Gasteiger partial charge in [0.15, 0.2) is 0 Å². The van der Waals surface area contributed by atoms with Gasteiger partial charge in [0.1, 0.15) is 17.3 Å². The summed E-state index contributed by atoms with van der Waals surface area (Å²) in [5.41, 5.74) is 7.58. The number of imidazole rings is 1. The third-order valence-corrected chi connectivity index (χ3v) is 3.70. The normalized spacial score (nSPS) is 11.3. The highest BCUT2D eigenvalue weighted by molar-refractivity contribution is 6.39. The summed E-state index contributed by atoms with van der Waals surface area (Å²) in [7, 11) is 0. The molecule has 0 aliphatic rings. The van der Waals surface area contributed by atoms with Gasteiger partial charge in [0.2, 0.25) is 0 Å². The highest BCUT2D eigenvalue weighted by atomic mass is 35.5. The van der Waals surface area contributed by atoms with Crippen LogP contribution in [0.25, 0.3) is 11.3 Å². The van der Waals surface area contributed by atoms with Crippen molar-refractivity contribution in [3.63, 3.8) is 0 Å². The van der Waals surface area contributed by atoms with Crippen molar-refractivity contribution in [2.24, 2.45) is 0 Å². The van der Waals surface area contributed by atoms with Gasteiger partial charge in [0.05, 0.1) is 10.0 Å². The second-order valence-corrected chi connectivity index (χ2v) is 5.51. The molecule has 0 aliphatic heterocycles. The second kappa shape index (κ2) is 5.43. The van der Waals surface area contributed by atoms with Crippen LogP contribution in [0.1, 0.15) is 32.5 Å². The number of anilines is 1. The molecule has 5 heteroatoms. The number of nitrogen functional groups attached to an aromatic ring is 1. The van der Waals surface area contributed by atoms with Crippen LogP contribution in [0.15, 0.2) is 18.2 Å². The van der Waals surface area contributed by atoms with Crippen molar-refractivity contribution in [3.05, 3.63) is 34.1 Å². The summed E-state index contributed by atoms with van der Waals surface area (Å²) in [6, 6.07) is 5.40. The molecular formula is C14H17Cl2N3. The van der Waals surface area contributed by atoms with E-state index in [1.165, 1.54) is 0 Å². The van der Waals surface area contributed by atoms with Gasteiger partial charge in [-0.3, -0.25) is 0 Å². The first kappa shape index (κ1) is 14.2. The Bertz CT molecular complexity index is 583. The van der Waals surface area contributed by atoms with Crippen molar-refractivity contribution in [1.82, 2.24) is 9.55 Å². The molecule has 0 unspecified atom stereocenters. The highest BCUT2D eigenvalue weighted by Gasteiger charge is 2.20. The van der Waals surface area contributed by atoms with Crippen LogP contribution in [0, 0.1) is 0 Å². The number of benzene rings is 1. The van der Waals surface area contributed by atoms with E-state index in [1.807, 2.05) is 17.6 Å². The van der Waals surface area contributed by atoms with Crippen molar-refractivity contribution < 1.29 is 0 Å². The Hall–Kier alpha value is -1.19. The van der Waals surface area contributed by atoms with Crippen molar-refractivity contribution in [1.29, 1.82) is 0 Å². The van der Waals surface area contributed by atoms with Gasteiger partial charge in [-0.05, 0) is 19.1 Å². The predicted molar refractivity (Wildman–Crippen MR) is 81.9 cm³/mol. The Labute approximate surface area is 123 Å². The number of nitrogens with two attached hydrogens (primary N) is 1. The first-order valence-corrected chi connectivity index (χ1v) is 7.03. The van der Waals surface area contributed by atoms with Crippen LogP contribution in [0.5, 0.6) is 0 Å². The molecule has 102 valence electrons. The first-order chi connectivity index (χ1) is 8.97. The van der Waals surface area contributed by atoms with E-state index in [9.17, 15) is 0 Å². The van der Waals surface area contributed by atoms with Crippen LogP contribution in [0.2, 0.25) is 10.0 Å². The van der Waals surface area contributed by atoms with Gasteiger partial charge in [-0.2, -0.15) is 0 Å². The predicted octanol–water partition coefficient (Wildman–Crippen LogP) is 4.58. The minimum Gasteiger partial charge on any atom is -0.383 e. The molecule has 0 radical (unpaired) electrons. The fraction of sp³-hybridized carbons (Fsp3) is 0.357. The highest BCUT2D eigenvalue weighted by Crippen LogP contribution is 2.38. The molecule has 0 saturated heterocycles. The third-order valence-electron chi connectivity index (χ3n) is 3.07. The van der Waals surface area contributed by atoms with Crippen LogP contribution < -0.4 is 5.73 Å². The molecule has 2 aromatic rings. The Kier molecular flexibility index (Phi) is 4.07. The third kappa shape index (κ3) is 2.45. The molecule has 0 saturated carbocycles. The van der Waals surface area contributed by atoms with Gasteiger partial charge < -0.3 is 10.3 Å². The maximum absolute atomic E-state index is 6.23. The van der Waals surface area contributed by atoms with Crippen molar-refractivity contribution >= 4 is 29.0 Å². The van der Waals surface area contributed by atoms with Crippen LogP contribution >= 0.6 is 23.2 Å². The average molecular weight is 298 g/mol. The fourth-order valence-corrected chi connectivity index (χ4v) is 2.74. The summed E-state index contributed by atoms with van der Waals surface area (Å²) in [5.74, 6) is 1.85. The van der Waals surface area contributed by atoms with E-state index in [0.29, 0.717) is 27.1 Å². The van der Waals surface area contributed by atoms with E-state index in [0.717, 1.165) is 12.4 Å². The van der Waals surface area contributed by atoms with Gasteiger partial charge in [0, 0.05) is 18.0 Å². The lowest BCUT2D eigenvalue weighted by Crippen LogP contribution is -2.06. The SMILES string of the molecule is CCn1c(C(C)C)nc(-c2c(Cl)cccc2Cl)c1N. The van der Waals surface area contributed by atoms with Gasteiger partial charge in [-0.25, -0.2) is 4.98 Å². The number of halogens is 2. The largest absolute Gasteiger partial charge is 0.383 e. The Morgan fingerprint density at radius 2 is 1.84 bits per heavy atom. The van der Waals surface area contributed by atoms with Gasteiger partial charge in [-0.15, -0.1) is 0 Å². The maximum atomic E-state index is 6.23. The van der Waals surface area contributed by atoms with E-state index in [4.69, 9.17) is 28.9 Å². The molecule has 1 aromatic heterocycles. The molecule has 2 N–H and O–H groups in total. The number of nitrogens with zero attached hydrogens (tertiary/aromatic N) is 2. The molecule has 3 nitrogen and oxygen atoms in total. The zero-order valence-electron chi connectivity index (χ0n) is 11.2. The summed E-state index contributed by atoms with van der Waals surface area (Å²) >= 11 is 12.5. The quantitative estimate of drug-likeness (QED) is 0.901. The number of hydrogen-bond acceptors (Lipinski definition) is 2. The topological polar surface area (TPSA) is 43.8 Å². The molecule has 0 bridgehead atoms. The molecule has 0 fully saturated rings. The standard InChI is InChI=1S/C14H17Cl2N3/c1-4-19-13(17)12(18-14(19)8(2)3)11-9(15)6-5-7-10(11)16/h5-8H,4,17H2,1-3H3. The summed E-state index contributed by atoms with van der Waals surface area (Å²) in [6.45, 7) is 6.99. The van der Waals surface area contributed by atoms with Crippen LogP contribution in [0.4, 0.5) is 5.82 Å². The van der Waals surface area contributed by atoms with Crippen LogP contribution in [0.3, 0.4) is 0 Å². The second-order valence-electron chi connectivity index (χ2n) is 4.70. The summed E-state index contributed by atoms with van der Waals surface area (Å²) in [6.07, 6.45) is 0. The van der Waals surface area contributed by atoms with Gasteiger partial charge in [-0.1, -0.05) is 43.1 Å². The number of aromatic nitrogens is 2. The maximum Gasteiger partial charge on any atom is 0.131 e. The fourth-order valence-electron chi connectivity index (χ4n) is 2.16. The Morgan fingerprint density at radius 1 is 1.26 bits per heavy atom. The van der Waals surface area contributed by atoms with E-state index in [-0.39, 0.29) is 5.92 Å². The molecule has 19 heavy (non-hydrogen) atoms.